The summed E-state index contributed by atoms with van der Waals surface area (Å²) in [4.78, 5) is 18.2. The van der Waals surface area contributed by atoms with E-state index >= 15 is 0 Å². The molecule has 3 atom stereocenters. The van der Waals surface area contributed by atoms with E-state index in [1.807, 2.05) is 11.8 Å². The highest BCUT2D eigenvalue weighted by atomic mass is 16.5. The predicted molar refractivity (Wildman–Crippen MR) is 85.7 cm³/mol. The fraction of sp³-hybridized carbons (Fsp3) is 0.938. The normalized spacial score (nSPS) is 29.0. The van der Waals surface area contributed by atoms with Gasteiger partial charge in [0, 0.05) is 65.4 Å². The number of nitrogens with zero attached hydrogens (tertiary/aromatic N) is 3. The molecule has 6 nitrogen and oxygen atoms in total. The monoisotopic (exact) mass is 313 g/mol. The molecule has 2 saturated heterocycles. The first-order valence-electron chi connectivity index (χ1n) is 8.49. The third kappa shape index (κ3) is 4.65. The van der Waals surface area contributed by atoms with Crippen LogP contribution in [-0.2, 0) is 9.53 Å². The van der Waals surface area contributed by atoms with Crippen molar-refractivity contribution in [3.05, 3.63) is 0 Å². The van der Waals surface area contributed by atoms with Crippen molar-refractivity contribution in [1.82, 2.24) is 14.7 Å². The molecule has 2 rings (SSSR count). The number of β-amino-alcohol motifs (C(OH)–C–C–N with tert-alkyl or cyclic N) is 1. The fourth-order valence-electron chi connectivity index (χ4n) is 3.65. The Hall–Kier alpha value is -0.690. The number of hydrogen-bond donors (Lipinski definition) is 1. The molecule has 2 aliphatic rings. The Kier molecular flexibility index (Phi) is 6.62. The number of aliphatic hydroxyl groups excluding tert-OH is 1. The number of piperazine rings is 1. The number of ether oxygens (including phenoxy) is 1. The summed E-state index contributed by atoms with van der Waals surface area (Å²) in [6.07, 6.45) is -0.402. The van der Waals surface area contributed by atoms with Crippen LogP contribution >= 0.6 is 0 Å². The van der Waals surface area contributed by atoms with Crippen LogP contribution in [-0.4, -0.2) is 96.9 Å². The van der Waals surface area contributed by atoms with E-state index in [0.29, 0.717) is 31.7 Å². The Morgan fingerprint density at radius 1 is 1.27 bits per heavy atom. The van der Waals surface area contributed by atoms with Gasteiger partial charge in [0.15, 0.2) is 0 Å². The Balaban J connectivity index is 1.78. The van der Waals surface area contributed by atoms with Crippen LogP contribution in [0, 0.1) is 5.92 Å². The van der Waals surface area contributed by atoms with E-state index in [1.54, 1.807) is 6.92 Å². The molecule has 0 spiro atoms. The van der Waals surface area contributed by atoms with Gasteiger partial charge in [-0.05, 0) is 12.8 Å². The highest BCUT2D eigenvalue weighted by Crippen LogP contribution is 2.23. The van der Waals surface area contributed by atoms with Crippen LogP contribution in [0.15, 0.2) is 0 Å². The molecule has 0 aliphatic carbocycles. The zero-order chi connectivity index (χ0) is 16.1. The van der Waals surface area contributed by atoms with Crippen LogP contribution in [0.2, 0.25) is 0 Å². The Morgan fingerprint density at radius 2 is 1.95 bits per heavy atom. The first kappa shape index (κ1) is 17.7. The maximum Gasteiger partial charge on any atom is 0.219 e. The number of hydrogen-bond acceptors (Lipinski definition) is 5. The van der Waals surface area contributed by atoms with Crippen molar-refractivity contribution in [2.75, 3.05) is 59.0 Å². The van der Waals surface area contributed by atoms with Gasteiger partial charge >= 0.3 is 0 Å². The first-order valence-corrected chi connectivity index (χ1v) is 8.49. The van der Waals surface area contributed by atoms with E-state index in [1.165, 1.54) is 0 Å². The van der Waals surface area contributed by atoms with Crippen LogP contribution in [0.3, 0.4) is 0 Å². The van der Waals surface area contributed by atoms with Crippen molar-refractivity contribution < 1.29 is 14.6 Å². The molecule has 2 fully saturated rings. The van der Waals surface area contributed by atoms with Gasteiger partial charge in [-0.1, -0.05) is 6.92 Å². The number of aliphatic hydroxyl groups is 1. The molecule has 0 bridgehead atoms. The number of rotatable bonds is 6. The fourth-order valence-corrected chi connectivity index (χ4v) is 3.65. The molecule has 0 radical (unpaired) electrons. The van der Waals surface area contributed by atoms with Crippen LogP contribution in [0.25, 0.3) is 0 Å². The smallest absolute Gasteiger partial charge is 0.219 e. The van der Waals surface area contributed by atoms with E-state index in [9.17, 15) is 9.90 Å². The molecule has 1 amide bonds. The lowest BCUT2D eigenvalue weighted by atomic mass is 10.0. The lowest BCUT2D eigenvalue weighted by Gasteiger charge is -2.39. The second-order valence-corrected chi connectivity index (χ2v) is 6.62. The summed E-state index contributed by atoms with van der Waals surface area (Å²) in [6.45, 7) is 13.3. The minimum absolute atomic E-state index is 0.180. The van der Waals surface area contributed by atoms with E-state index in [-0.39, 0.29) is 5.91 Å². The third-order valence-corrected chi connectivity index (χ3v) is 4.86. The SMILES string of the molecule is CCOC[C@H](O)CN1C[C@H](C)[C@@H](N2CCN(C(C)=O)CC2)C1. The summed E-state index contributed by atoms with van der Waals surface area (Å²) < 4.78 is 5.29. The minimum Gasteiger partial charge on any atom is -0.389 e. The zero-order valence-electron chi connectivity index (χ0n) is 14.2. The zero-order valence-corrected chi connectivity index (χ0v) is 14.2. The summed E-state index contributed by atoms with van der Waals surface area (Å²) in [7, 11) is 0. The van der Waals surface area contributed by atoms with Gasteiger partial charge in [0.05, 0.1) is 12.7 Å². The van der Waals surface area contributed by atoms with Gasteiger partial charge in [-0.15, -0.1) is 0 Å². The van der Waals surface area contributed by atoms with Crippen molar-refractivity contribution in [1.29, 1.82) is 0 Å². The van der Waals surface area contributed by atoms with Crippen LogP contribution in [0.1, 0.15) is 20.8 Å². The van der Waals surface area contributed by atoms with Crippen molar-refractivity contribution in [2.45, 2.75) is 32.9 Å². The summed E-state index contributed by atoms with van der Waals surface area (Å²) >= 11 is 0. The summed E-state index contributed by atoms with van der Waals surface area (Å²) in [5.41, 5.74) is 0. The molecule has 0 aromatic heterocycles. The summed E-state index contributed by atoms with van der Waals surface area (Å²) in [6, 6.07) is 0.536. The Morgan fingerprint density at radius 3 is 2.55 bits per heavy atom. The second kappa shape index (κ2) is 8.24. The van der Waals surface area contributed by atoms with Crippen molar-refractivity contribution in [3.63, 3.8) is 0 Å². The van der Waals surface area contributed by atoms with Gasteiger partial charge < -0.3 is 14.7 Å². The standard InChI is InChI=1S/C16H31N3O3/c1-4-22-12-15(21)10-17-9-13(2)16(11-17)19-7-5-18(6-8-19)14(3)20/h13,15-16,21H,4-12H2,1-3H3/t13-,15+,16-/m0/s1. The van der Waals surface area contributed by atoms with Crippen LogP contribution in [0.4, 0.5) is 0 Å². The number of amides is 1. The first-order chi connectivity index (χ1) is 10.5. The third-order valence-electron chi connectivity index (χ3n) is 4.86. The van der Waals surface area contributed by atoms with Gasteiger partial charge in [0.25, 0.3) is 0 Å². The van der Waals surface area contributed by atoms with Crippen molar-refractivity contribution >= 4 is 5.91 Å². The summed E-state index contributed by atoms with van der Waals surface area (Å²) in [5, 5.41) is 9.99. The molecule has 0 unspecified atom stereocenters. The highest BCUT2D eigenvalue weighted by Gasteiger charge is 2.35. The van der Waals surface area contributed by atoms with E-state index in [2.05, 4.69) is 16.7 Å². The average molecular weight is 313 g/mol. The molecule has 1 N–H and O–H groups in total. The minimum atomic E-state index is -0.402. The molecule has 6 heteroatoms. The number of likely N-dealkylation sites (tertiary alicyclic amines) is 1. The van der Waals surface area contributed by atoms with E-state index in [4.69, 9.17) is 4.74 Å². The van der Waals surface area contributed by atoms with Gasteiger partial charge in [-0.2, -0.15) is 0 Å². The lowest BCUT2D eigenvalue weighted by Crippen LogP contribution is -2.53. The van der Waals surface area contributed by atoms with Gasteiger partial charge in [-0.25, -0.2) is 0 Å². The quantitative estimate of drug-likeness (QED) is 0.740. The second-order valence-electron chi connectivity index (χ2n) is 6.62. The highest BCUT2D eigenvalue weighted by molar-refractivity contribution is 5.73. The molecular formula is C16H31N3O3. The molecule has 128 valence electrons. The number of carbonyl (C=O) groups is 1. The molecule has 2 heterocycles. The van der Waals surface area contributed by atoms with Gasteiger partial charge in [0.1, 0.15) is 0 Å². The Labute approximate surface area is 134 Å². The summed E-state index contributed by atoms with van der Waals surface area (Å²) in [5.74, 6) is 0.781. The molecule has 0 aromatic rings. The van der Waals surface area contributed by atoms with Gasteiger partial charge in [-0.3, -0.25) is 14.6 Å². The number of carbonyl (C=O) groups excluding carboxylic acids is 1. The maximum absolute atomic E-state index is 11.4. The molecule has 22 heavy (non-hydrogen) atoms. The maximum atomic E-state index is 11.4. The lowest BCUT2D eigenvalue weighted by molar-refractivity contribution is -0.130. The average Bonchev–Trinajstić information content (AvgIpc) is 2.85. The molecule has 0 saturated carbocycles. The van der Waals surface area contributed by atoms with Gasteiger partial charge in [0.2, 0.25) is 5.91 Å². The van der Waals surface area contributed by atoms with Crippen molar-refractivity contribution in [3.8, 4) is 0 Å². The molecule has 0 aromatic carbocycles. The van der Waals surface area contributed by atoms with E-state index < -0.39 is 6.10 Å². The van der Waals surface area contributed by atoms with E-state index in [0.717, 1.165) is 39.3 Å². The largest absolute Gasteiger partial charge is 0.389 e. The van der Waals surface area contributed by atoms with Crippen molar-refractivity contribution in [2.24, 2.45) is 5.92 Å². The predicted octanol–water partition coefficient (Wildman–Crippen LogP) is -0.132. The van der Waals surface area contributed by atoms with Crippen LogP contribution in [0.5, 0.6) is 0 Å². The molecular weight excluding hydrogens is 282 g/mol. The Bertz CT molecular complexity index is 359. The van der Waals surface area contributed by atoms with Crippen LogP contribution < -0.4 is 0 Å². The molecule has 2 aliphatic heterocycles. The topological polar surface area (TPSA) is 56.3 Å².